The molecule has 0 aromatic heterocycles. The van der Waals surface area contributed by atoms with Crippen LogP contribution in [0.25, 0.3) is 0 Å². The van der Waals surface area contributed by atoms with Gasteiger partial charge in [-0.25, -0.2) is 0 Å². The molecule has 0 aromatic rings. The van der Waals surface area contributed by atoms with Gasteiger partial charge in [-0.1, -0.05) is 48.5 Å². The summed E-state index contributed by atoms with van der Waals surface area (Å²) in [4.78, 5) is 56.8. The maximum atomic E-state index is 13.9. The van der Waals surface area contributed by atoms with E-state index < -0.39 is 23.2 Å². The zero-order valence-corrected chi connectivity index (χ0v) is 26.4. The van der Waals surface area contributed by atoms with Crippen LogP contribution in [0.3, 0.4) is 0 Å². The Labute approximate surface area is 232 Å². The van der Waals surface area contributed by atoms with E-state index in [1.165, 1.54) is 0 Å². The maximum Gasteiger partial charge on any atom is 0.147 e. The third-order valence-electron chi connectivity index (χ3n) is 10.7. The second-order valence-corrected chi connectivity index (χ2v) is 16.3. The Morgan fingerprint density at radius 1 is 0.763 bits per heavy atom. The number of rotatable bonds is 7. The minimum absolute atomic E-state index is 0.0113. The number of Topliss-reactive ketones (excluding diaryl/α,β-unsaturated/α-hetero) is 4. The highest BCUT2D eigenvalue weighted by Crippen LogP contribution is 2.52. The Morgan fingerprint density at radius 3 is 1.74 bits per heavy atom. The molecule has 38 heavy (non-hydrogen) atoms. The fourth-order valence-electron chi connectivity index (χ4n) is 8.63. The Morgan fingerprint density at radius 2 is 1.26 bits per heavy atom. The molecule has 0 bridgehead atoms. The van der Waals surface area contributed by atoms with Crippen LogP contribution in [-0.2, 0) is 19.2 Å². The number of carbonyl (C=O) groups is 4. The van der Waals surface area contributed by atoms with Crippen molar-refractivity contribution in [1.82, 2.24) is 4.90 Å². The van der Waals surface area contributed by atoms with Crippen molar-refractivity contribution in [2.45, 2.75) is 126 Å². The number of hydrogen-bond donors (Lipinski definition) is 0. The summed E-state index contributed by atoms with van der Waals surface area (Å²) < 4.78 is 0. The summed E-state index contributed by atoms with van der Waals surface area (Å²) in [5, 5.41) is 0. The molecule has 3 rings (SSSR count). The summed E-state index contributed by atoms with van der Waals surface area (Å²) in [5.41, 5.74) is -0.590. The maximum absolute atomic E-state index is 13.9. The van der Waals surface area contributed by atoms with Crippen molar-refractivity contribution in [2.24, 2.45) is 52.3 Å². The van der Waals surface area contributed by atoms with E-state index in [1.54, 1.807) is 0 Å². The van der Waals surface area contributed by atoms with Gasteiger partial charge < -0.3 is 0 Å². The van der Waals surface area contributed by atoms with E-state index >= 15 is 0 Å². The molecule has 0 aromatic carbocycles. The highest BCUT2D eigenvalue weighted by atomic mass is 16.2. The monoisotopic (exact) mass is 529 g/mol. The SMILES string of the molecule is CCC1C(=O)C(CC(C)(C)C)C(C(C)(C)CC2C(=O)C(CC3CC(C)(C)N(C)C(C)(C)C3)C(=O)C2C)C1=O. The summed E-state index contributed by atoms with van der Waals surface area (Å²) in [5.74, 6) is -1.90. The van der Waals surface area contributed by atoms with Gasteiger partial charge in [0.25, 0.3) is 0 Å². The van der Waals surface area contributed by atoms with E-state index in [2.05, 4.69) is 74.3 Å². The van der Waals surface area contributed by atoms with E-state index in [1.807, 2.05) is 13.8 Å². The number of piperidine rings is 1. The van der Waals surface area contributed by atoms with Crippen molar-refractivity contribution in [2.75, 3.05) is 7.05 Å². The van der Waals surface area contributed by atoms with Crippen LogP contribution >= 0.6 is 0 Å². The first-order chi connectivity index (χ1) is 17.1. The Hall–Kier alpha value is -1.36. The smallest absolute Gasteiger partial charge is 0.147 e. The highest BCUT2D eigenvalue weighted by Gasteiger charge is 2.57. The van der Waals surface area contributed by atoms with Crippen LogP contribution in [0.4, 0.5) is 0 Å². The average molecular weight is 530 g/mol. The van der Waals surface area contributed by atoms with Crippen LogP contribution in [-0.4, -0.2) is 46.2 Å². The Bertz CT molecular complexity index is 950. The molecule has 5 nitrogen and oxygen atoms in total. The van der Waals surface area contributed by atoms with Crippen molar-refractivity contribution in [3.63, 3.8) is 0 Å². The summed E-state index contributed by atoms with van der Waals surface area (Å²) in [7, 11) is 2.17. The van der Waals surface area contributed by atoms with Gasteiger partial charge in [0.05, 0.1) is 11.8 Å². The largest absolute Gasteiger partial charge is 0.299 e. The standard InChI is InChI=1S/C33H55NO4/c1-13-21-27(36)24(17-30(3,4)5)25(29(21)38)31(6,7)18-23-19(2)26(35)22(28(23)37)14-20-15-32(8,9)34(12)33(10,11)16-20/h19-25H,13-18H2,1-12H3. The van der Waals surface area contributed by atoms with Gasteiger partial charge in [-0.2, -0.15) is 0 Å². The first-order valence-corrected chi connectivity index (χ1v) is 15.0. The molecule has 5 heteroatoms. The molecular formula is C33H55NO4. The molecule has 1 heterocycles. The molecule has 1 saturated heterocycles. The topological polar surface area (TPSA) is 71.5 Å². The van der Waals surface area contributed by atoms with Gasteiger partial charge in [-0.15, -0.1) is 0 Å². The van der Waals surface area contributed by atoms with Crippen molar-refractivity contribution in [3.05, 3.63) is 0 Å². The normalized spacial score (nSPS) is 34.9. The lowest BCUT2D eigenvalue weighted by atomic mass is 9.64. The average Bonchev–Trinajstić information content (AvgIpc) is 3.10. The van der Waals surface area contributed by atoms with Crippen LogP contribution in [0.5, 0.6) is 0 Å². The van der Waals surface area contributed by atoms with Crippen LogP contribution in [0.2, 0.25) is 0 Å². The first-order valence-electron chi connectivity index (χ1n) is 15.0. The Kier molecular flexibility index (Phi) is 8.40. The second-order valence-electron chi connectivity index (χ2n) is 16.3. The van der Waals surface area contributed by atoms with Crippen LogP contribution in [0, 0.1) is 52.3 Å². The van der Waals surface area contributed by atoms with Crippen molar-refractivity contribution in [1.29, 1.82) is 0 Å². The van der Waals surface area contributed by atoms with E-state index in [0.29, 0.717) is 31.6 Å². The summed E-state index contributed by atoms with van der Waals surface area (Å²) in [6.07, 6.45) is 4.26. The van der Waals surface area contributed by atoms with E-state index in [4.69, 9.17) is 0 Å². The molecule has 2 aliphatic carbocycles. The number of carbonyl (C=O) groups excluding carboxylic acids is 4. The number of likely N-dealkylation sites (tertiary alicyclic amines) is 1. The molecule has 6 atom stereocenters. The number of ketones is 4. The predicted molar refractivity (Wildman–Crippen MR) is 153 cm³/mol. The lowest BCUT2D eigenvalue weighted by Gasteiger charge is -2.54. The molecule has 6 unspecified atom stereocenters. The van der Waals surface area contributed by atoms with E-state index in [0.717, 1.165) is 12.8 Å². The first kappa shape index (κ1) is 31.2. The summed E-state index contributed by atoms with van der Waals surface area (Å²) in [6.45, 7) is 23.3. The highest BCUT2D eigenvalue weighted by molar-refractivity contribution is 6.12. The zero-order valence-electron chi connectivity index (χ0n) is 26.4. The lowest BCUT2D eigenvalue weighted by Crippen LogP contribution is -2.58. The molecule has 216 valence electrons. The third kappa shape index (κ3) is 5.74. The van der Waals surface area contributed by atoms with Gasteiger partial charge in [-0.3, -0.25) is 24.1 Å². The molecule has 0 radical (unpaired) electrons. The van der Waals surface area contributed by atoms with Crippen molar-refractivity contribution < 1.29 is 19.2 Å². The lowest BCUT2D eigenvalue weighted by molar-refractivity contribution is -0.132. The molecule has 0 spiro atoms. The van der Waals surface area contributed by atoms with Gasteiger partial charge in [0.15, 0.2) is 0 Å². The quantitative estimate of drug-likeness (QED) is 0.349. The molecule has 0 amide bonds. The van der Waals surface area contributed by atoms with Crippen LogP contribution in [0.1, 0.15) is 115 Å². The summed E-state index contributed by atoms with van der Waals surface area (Å²) >= 11 is 0. The van der Waals surface area contributed by atoms with E-state index in [-0.39, 0.29) is 57.4 Å². The molecule has 3 aliphatic rings. The van der Waals surface area contributed by atoms with Gasteiger partial charge in [0.2, 0.25) is 0 Å². The van der Waals surface area contributed by atoms with Gasteiger partial charge in [-0.05, 0) is 90.0 Å². The fraction of sp³-hybridized carbons (Fsp3) is 0.879. The zero-order chi connectivity index (χ0) is 29.2. The number of hydrogen-bond acceptors (Lipinski definition) is 5. The molecular weight excluding hydrogens is 474 g/mol. The predicted octanol–water partition coefficient (Wildman–Crippen LogP) is 6.56. The fourth-order valence-corrected chi connectivity index (χ4v) is 8.63. The summed E-state index contributed by atoms with van der Waals surface area (Å²) in [6, 6.07) is 0. The van der Waals surface area contributed by atoms with Gasteiger partial charge >= 0.3 is 0 Å². The van der Waals surface area contributed by atoms with Crippen molar-refractivity contribution >= 4 is 23.1 Å². The molecule has 0 N–H and O–H groups in total. The van der Waals surface area contributed by atoms with Crippen LogP contribution in [0.15, 0.2) is 0 Å². The van der Waals surface area contributed by atoms with Gasteiger partial charge in [0.1, 0.15) is 23.1 Å². The minimum atomic E-state index is -0.541. The number of nitrogens with zero attached hydrogens (tertiary/aromatic N) is 1. The van der Waals surface area contributed by atoms with E-state index in [9.17, 15) is 19.2 Å². The molecule has 3 fully saturated rings. The van der Waals surface area contributed by atoms with Crippen molar-refractivity contribution in [3.8, 4) is 0 Å². The Balaban J connectivity index is 1.82. The van der Waals surface area contributed by atoms with Gasteiger partial charge in [0, 0.05) is 34.7 Å². The molecule has 2 saturated carbocycles. The second kappa shape index (κ2) is 10.2. The molecule has 1 aliphatic heterocycles. The minimum Gasteiger partial charge on any atom is -0.299 e. The third-order valence-corrected chi connectivity index (χ3v) is 10.7. The van der Waals surface area contributed by atoms with Crippen LogP contribution < -0.4 is 0 Å².